The van der Waals surface area contributed by atoms with Crippen molar-refractivity contribution in [3.8, 4) is 5.75 Å². The van der Waals surface area contributed by atoms with Gasteiger partial charge in [0.1, 0.15) is 18.2 Å². The second-order valence-corrected chi connectivity index (χ2v) is 7.21. The van der Waals surface area contributed by atoms with Crippen LogP contribution in [0.2, 0.25) is 5.02 Å². The van der Waals surface area contributed by atoms with E-state index in [0.717, 1.165) is 30.7 Å². The first kappa shape index (κ1) is 20.4. The van der Waals surface area contributed by atoms with Gasteiger partial charge in [-0.25, -0.2) is 4.39 Å². The van der Waals surface area contributed by atoms with Crippen molar-refractivity contribution in [1.29, 1.82) is 0 Å². The summed E-state index contributed by atoms with van der Waals surface area (Å²) in [6.45, 7) is 3.31. The summed E-state index contributed by atoms with van der Waals surface area (Å²) in [6.07, 6.45) is 2.23. The van der Waals surface area contributed by atoms with Crippen LogP contribution < -0.4 is 10.1 Å². The molecule has 146 valence electrons. The molecule has 1 atom stereocenters. The van der Waals surface area contributed by atoms with Crippen LogP contribution in [0.25, 0.3) is 0 Å². The van der Waals surface area contributed by atoms with E-state index in [4.69, 9.17) is 16.3 Å². The maximum atomic E-state index is 13.1. The van der Waals surface area contributed by atoms with E-state index in [-0.39, 0.29) is 5.82 Å². The monoisotopic (exact) mass is 397 g/mol. The molecule has 2 nitrogen and oxygen atoms in total. The van der Waals surface area contributed by atoms with Crippen molar-refractivity contribution >= 4 is 11.6 Å². The van der Waals surface area contributed by atoms with Gasteiger partial charge in [-0.3, -0.25) is 0 Å². The van der Waals surface area contributed by atoms with Gasteiger partial charge in [0, 0.05) is 18.2 Å². The molecule has 0 saturated heterocycles. The average molecular weight is 398 g/mol. The topological polar surface area (TPSA) is 21.3 Å². The third kappa shape index (κ3) is 5.82. The largest absolute Gasteiger partial charge is 0.489 e. The molecule has 0 radical (unpaired) electrons. The summed E-state index contributed by atoms with van der Waals surface area (Å²) in [5.41, 5.74) is 3.28. The van der Waals surface area contributed by atoms with E-state index in [2.05, 4.69) is 48.6 Å². The molecule has 0 aliphatic carbocycles. The number of rotatable bonds is 9. The Hall–Kier alpha value is -2.36. The molecule has 0 heterocycles. The zero-order valence-electron chi connectivity index (χ0n) is 16.0. The van der Waals surface area contributed by atoms with E-state index < -0.39 is 0 Å². The van der Waals surface area contributed by atoms with Crippen LogP contribution in [0, 0.1) is 5.82 Å². The lowest BCUT2D eigenvalue weighted by Gasteiger charge is -2.19. The fourth-order valence-corrected chi connectivity index (χ4v) is 3.33. The lowest BCUT2D eigenvalue weighted by Crippen LogP contribution is -2.20. The summed E-state index contributed by atoms with van der Waals surface area (Å²) in [4.78, 5) is 0. The molecular weight excluding hydrogens is 373 g/mol. The van der Waals surface area contributed by atoms with E-state index in [9.17, 15) is 4.39 Å². The Morgan fingerprint density at radius 2 is 1.75 bits per heavy atom. The Bertz CT molecular complexity index is 868. The summed E-state index contributed by atoms with van der Waals surface area (Å²) < 4.78 is 18.9. The molecule has 0 aliphatic heterocycles. The van der Waals surface area contributed by atoms with Crippen LogP contribution in [0.15, 0.2) is 72.8 Å². The molecule has 0 bridgehead atoms. The highest BCUT2D eigenvalue weighted by Crippen LogP contribution is 2.22. The fraction of sp³-hybridized carbons (Fsp3) is 0.250. The normalized spacial score (nSPS) is 12.0. The number of halogens is 2. The molecule has 1 N–H and O–H groups in total. The first-order valence-electron chi connectivity index (χ1n) is 9.59. The summed E-state index contributed by atoms with van der Waals surface area (Å²) in [6, 6.07) is 23.3. The highest BCUT2D eigenvalue weighted by Gasteiger charge is 2.09. The van der Waals surface area contributed by atoms with Gasteiger partial charge in [-0.1, -0.05) is 73.5 Å². The minimum atomic E-state index is -0.345. The van der Waals surface area contributed by atoms with Crippen molar-refractivity contribution in [3.63, 3.8) is 0 Å². The zero-order valence-corrected chi connectivity index (χ0v) is 16.8. The zero-order chi connectivity index (χ0) is 19.8. The van der Waals surface area contributed by atoms with Crippen molar-refractivity contribution in [3.05, 3.63) is 100 Å². The van der Waals surface area contributed by atoms with Crippen LogP contribution in [0.4, 0.5) is 4.39 Å². The van der Waals surface area contributed by atoms with Gasteiger partial charge in [-0.05, 0) is 41.8 Å². The van der Waals surface area contributed by atoms with Gasteiger partial charge in [0.15, 0.2) is 0 Å². The maximum Gasteiger partial charge on any atom is 0.124 e. The van der Waals surface area contributed by atoms with Gasteiger partial charge in [-0.2, -0.15) is 0 Å². The lowest BCUT2D eigenvalue weighted by atomic mass is 10.0. The highest BCUT2D eigenvalue weighted by atomic mass is 35.5. The van der Waals surface area contributed by atoms with E-state index >= 15 is 0 Å². The first-order chi connectivity index (χ1) is 13.7. The average Bonchev–Trinajstić information content (AvgIpc) is 2.72. The van der Waals surface area contributed by atoms with Crippen LogP contribution in [-0.2, 0) is 13.2 Å². The third-order valence-electron chi connectivity index (χ3n) is 4.66. The Morgan fingerprint density at radius 1 is 1.00 bits per heavy atom. The van der Waals surface area contributed by atoms with E-state index in [1.807, 2.05) is 18.2 Å². The second kappa shape index (κ2) is 10.3. The summed E-state index contributed by atoms with van der Waals surface area (Å²) in [7, 11) is 0. The quantitative estimate of drug-likeness (QED) is 0.434. The van der Waals surface area contributed by atoms with Crippen LogP contribution in [0.5, 0.6) is 5.75 Å². The van der Waals surface area contributed by atoms with Crippen molar-refractivity contribution in [2.24, 2.45) is 0 Å². The minimum Gasteiger partial charge on any atom is -0.489 e. The molecular formula is C24H25ClFNO. The molecule has 0 saturated carbocycles. The smallest absolute Gasteiger partial charge is 0.124 e. The molecule has 0 aliphatic rings. The predicted octanol–water partition coefficient (Wildman–Crippen LogP) is 6.69. The maximum absolute atomic E-state index is 13.1. The van der Waals surface area contributed by atoms with E-state index in [1.165, 1.54) is 23.3 Å². The van der Waals surface area contributed by atoms with Crippen LogP contribution >= 0.6 is 11.6 Å². The number of hydrogen-bond acceptors (Lipinski definition) is 2. The summed E-state index contributed by atoms with van der Waals surface area (Å²) in [5.74, 6) is 0.416. The standard InChI is InChI=1S/C24H25ClFNO/c1-2-6-24(19-7-4-3-5-8-19)27-16-18-9-13-22(14-10-18)28-17-20-11-12-21(26)15-23(20)25/h3-5,7-15,24,27H,2,6,16-17H2,1H3. The Labute approximate surface area is 171 Å². The summed E-state index contributed by atoms with van der Waals surface area (Å²) in [5, 5.41) is 4.03. The second-order valence-electron chi connectivity index (χ2n) is 6.80. The summed E-state index contributed by atoms with van der Waals surface area (Å²) >= 11 is 6.04. The van der Waals surface area contributed by atoms with Gasteiger partial charge in [0.05, 0.1) is 5.02 Å². The molecule has 1 unspecified atom stereocenters. The Morgan fingerprint density at radius 3 is 2.43 bits per heavy atom. The lowest BCUT2D eigenvalue weighted by molar-refractivity contribution is 0.306. The molecule has 0 fully saturated rings. The van der Waals surface area contributed by atoms with E-state index in [1.54, 1.807) is 6.07 Å². The van der Waals surface area contributed by atoms with Gasteiger partial charge >= 0.3 is 0 Å². The van der Waals surface area contributed by atoms with Gasteiger partial charge in [0.25, 0.3) is 0 Å². The van der Waals surface area contributed by atoms with Crippen molar-refractivity contribution in [2.45, 2.75) is 39.0 Å². The van der Waals surface area contributed by atoms with Gasteiger partial charge < -0.3 is 10.1 Å². The van der Waals surface area contributed by atoms with Crippen molar-refractivity contribution in [1.82, 2.24) is 5.32 Å². The Kier molecular flexibility index (Phi) is 7.46. The fourth-order valence-electron chi connectivity index (χ4n) is 3.11. The molecule has 4 heteroatoms. The SMILES string of the molecule is CCCC(NCc1ccc(OCc2ccc(F)cc2Cl)cc1)c1ccccc1. The number of hydrogen-bond donors (Lipinski definition) is 1. The third-order valence-corrected chi connectivity index (χ3v) is 5.02. The minimum absolute atomic E-state index is 0.309. The molecule has 3 rings (SSSR count). The Balaban J connectivity index is 1.55. The predicted molar refractivity (Wildman–Crippen MR) is 113 cm³/mol. The number of nitrogens with one attached hydrogen (secondary N) is 1. The molecule has 3 aromatic carbocycles. The van der Waals surface area contributed by atoms with Gasteiger partial charge in [-0.15, -0.1) is 0 Å². The van der Waals surface area contributed by atoms with Crippen molar-refractivity contribution < 1.29 is 9.13 Å². The highest BCUT2D eigenvalue weighted by molar-refractivity contribution is 6.31. The number of ether oxygens (including phenoxy) is 1. The number of benzene rings is 3. The van der Waals surface area contributed by atoms with Crippen LogP contribution in [-0.4, -0.2) is 0 Å². The van der Waals surface area contributed by atoms with Gasteiger partial charge in [0.2, 0.25) is 0 Å². The van der Waals surface area contributed by atoms with Crippen molar-refractivity contribution in [2.75, 3.05) is 0 Å². The van der Waals surface area contributed by atoms with Crippen LogP contribution in [0.1, 0.15) is 42.5 Å². The van der Waals surface area contributed by atoms with E-state index in [0.29, 0.717) is 17.7 Å². The molecule has 0 spiro atoms. The molecule has 28 heavy (non-hydrogen) atoms. The molecule has 0 aromatic heterocycles. The van der Waals surface area contributed by atoms with Crippen LogP contribution in [0.3, 0.4) is 0 Å². The molecule has 3 aromatic rings. The molecule has 0 amide bonds. The first-order valence-corrected chi connectivity index (χ1v) is 9.97.